The van der Waals surface area contributed by atoms with Crippen LogP contribution in [0.2, 0.25) is 0 Å². The number of carbonyl (C=O) groups excluding carboxylic acids is 4. The fraction of sp³-hybridized carbons (Fsp3) is 0.583. The number of hydrogen-bond donors (Lipinski definition) is 4. The van der Waals surface area contributed by atoms with Gasteiger partial charge < -0.3 is 31.1 Å². The molecule has 4 N–H and O–H groups in total. The van der Waals surface area contributed by atoms with Crippen LogP contribution in [0, 0.1) is 47.3 Å². The van der Waals surface area contributed by atoms with Gasteiger partial charge in [-0.05, 0) is 156 Å². The zero-order valence-corrected chi connectivity index (χ0v) is 34.8. The van der Waals surface area contributed by atoms with Crippen LogP contribution in [0.1, 0.15) is 103 Å². The Hall–Kier alpha value is -4.60. The zero-order valence-electron chi connectivity index (χ0n) is 34.8. The highest BCUT2D eigenvalue weighted by atomic mass is 16.2. The van der Waals surface area contributed by atoms with Crippen molar-refractivity contribution in [3.63, 3.8) is 0 Å². The van der Waals surface area contributed by atoms with Crippen LogP contribution >= 0.6 is 0 Å². The first-order valence-electron chi connectivity index (χ1n) is 22.4. The summed E-state index contributed by atoms with van der Waals surface area (Å²) in [4.78, 5) is 56.6. The van der Waals surface area contributed by atoms with Gasteiger partial charge in [0.1, 0.15) is 22.5 Å². The van der Waals surface area contributed by atoms with Crippen LogP contribution in [0.25, 0.3) is 12.2 Å². The molecule has 0 radical (unpaired) electrons. The maximum atomic E-state index is 13.0. The number of anilines is 2. The molecule has 308 valence electrons. The van der Waals surface area contributed by atoms with Crippen LogP contribution < -0.4 is 31.1 Å². The molecule has 10 nitrogen and oxygen atoms in total. The van der Waals surface area contributed by atoms with Crippen molar-refractivity contribution in [1.29, 1.82) is 0 Å². The number of nitrogens with zero attached hydrogens (tertiary/aromatic N) is 2. The normalized spacial score (nSPS) is 34.9. The van der Waals surface area contributed by atoms with Crippen molar-refractivity contribution in [3.8, 4) is 0 Å². The predicted octanol–water partition coefficient (Wildman–Crippen LogP) is 6.63. The van der Waals surface area contributed by atoms with Gasteiger partial charge in [-0.1, -0.05) is 31.2 Å². The molecule has 2 spiro atoms. The maximum absolute atomic E-state index is 13.0. The Morgan fingerprint density at radius 2 is 0.845 bits per heavy atom. The number of hydrogen-bond acceptors (Lipinski definition) is 6. The van der Waals surface area contributed by atoms with Gasteiger partial charge in [0.05, 0.1) is 0 Å². The third-order valence-corrected chi connectivity index (χ3v) is 15.6. The number of rotatable bonds is 8. The fourth-order valence-corrected chi connectivity index (χ4v) is 13.2. The molecule has 2 aromatic carbocycles. The second kappa shape index (κ2) is 15.2. The lowest BCUT2D eigenvalue weighted by Crippen LogP contribution is -2.76. The second-order valence-corrected chi connectivity index (χ2v) is 19.1. The topological polar surface area (TPSA) is 123 Å². The van der Waals surface area contributed by atoms with E-state index >= 15 is 0 Å². The molecule has 2 aliphatic heterocycles. The van der Waals surface area contributed by atoms with Gasteiger partial charge in [-0.3, -0.25) is 19.2 Å². The molecule has 10 fully saturated rings. The third-order valence-electron chi connectivity index (χ3n) is 15.6. The van der Waals surface area contributed by atoms with E-state index in [2.05, 4.69) is 71.0 Å². The number of carbonyl (C=O) groups is 4. The van der Waals surface area contributed by atoms with Crippen molar-refractivity contribution in [3.05, 3.63) is 70.8 Å². The second-order valence-electron chi connectivity index (χ2n) is 19.1. The number of amides is 4. The summed E-state index contributed by atoms with van der Waals surface area (Å²) in [5.74, 6) is 3.86. The monoisotopic (exact) mass is 786 g/mol. The van der Waals surface area contributed by atoms with Crippen molar-refractivity contribution in [1.82, 2.24) is 21.3 Å². The van der Waals surface area contributed by atoms with Gasteiger partial charge in [0, 0.05) is 61.7 Å². The van der Waals surface area contributed by atoms with Crippen LogP contribution in [-0.4, -0.2) is 61.6 Å². The average Bonchev–Trinajstić information content (AvgIpc) is 3.20. The molecule has 10 aliphatic rings. The first-order chi connectivity index (χ1) is 28.0. The molecule has 58 heavy (non-hydrogen) atoms. The van der Waals surface area contributed by atoms with Gasteiger partial charge in [0.25, 0.3) is 23.6 Å². The van der Waals surface area contributed by atoms with Crippen molar-refractivity contribution < 1.29 is 19.2 Å². The lowest BCUT2D eigenvalue weighted by molar-refractivity contribution is -0.148. The molecule has 0 unspecified atom stereocenters. The maximum Gasteiger partial charge on any atom is 0.258 e. The molecule has 0 aromatic heterocycles. The Balaban J connectivity index is 0.000000150. The molecule has 10 heteroatoms. The van der Waals surface area contributed by atoms with E-state index in [0.717, 1.165) is 124 Å². The zero-order chi connectivity index (χ0) is 40.3. The Bertz CT molecular complexity index is 1900. The van der Waals surface area contributed by atoms with Crippen LogP contribution in [0.4, 0.5) is 11.4 Å². The van der Waals surface area contributed by atoms with E-state index in [9.17, 15) is 19.2 Å². The molecule has 0 atom stereocenters. The fourth-order valence-electron chi connectivity index (χ4n) is 13.2. The largest absolute Gasteiger partial charge is 0.375 e. The molecule has 2 aromatic rings. The summed E-state index contributed by atoms with van der Waals surface area (Å²) >= 11 is 0. The lowest BCUT2D eigenvalue weighted by atomic mass is 9.51. The minimum absolute atomic E-state index is 0.214. The quantitative estimate of drug-likeness (QED) is 0.176. The van der Waals surface area contributed by atoms with Gasteiger partial charge in [-0.25, -0.2) is 0 Å². The standard InChI is InChI=1S/2C24H31N3O2/c1-3-8-27(2)20-6-4-15(5-7-20)14-21-22(28)25-24(26-23(21)29)18-10-16-9-17(12-18)13-19(24)11-16;1-3-27(4-2)20-7-5-15(6-8-20)14-21-22(28)25-24(26-23(21)29)18-10-16-9-17(12-18)13-19(24)11-16/h4-7,14,16-19H,3,8-13H2,1-2H3,(H,25,28)(H,26,29);5-8,14,16-19H,3-4,9-13H2,1-2H3,(H,25,28)(H,26,29). The van der Waals surface area contributed by atoms with Gasteiger partial charge in [-0.2, -0.15) is 0 Å². The Morgan fingerprint density at radius 3 is 1.16 bits per heavy atom. The summed E-state index contributed by atoms with van der Waals surface area (Å²) in [7, 11) is 2.07. The van der Waals surface area contributed by atoms with Crippen LogP contribution in [-0.2, 0) is 19.2 Å². The molecular formula is C48H62N6O4. The first kappa shape index (κ1) is 38.9. The summed E-state index contributed by atoms with van der Waals surface area (Å²) in [6.07, 6.45) is 16.3. The number of benzene rings is 2. The smallest absolute Gasteiger partial charge is 0.258 e. The molecule has 8 aliphatic carbocycles. The summed E-state index contributed by atoms with van der Waals surface area (Å²) in [6, 6.07) is 16.1. The molecular weight excluding hydrogens is 725 g/mol. The van der Waals surface area contributed by atoms with Gasteiger partial charge in [-0.15, -0.1) is 0 Å². The predicted molar refractivity (Wildman–Crippen MR) is 228 cm³/mol. The van der Waals surface area contributed by atoms with E-state index in [0.29, 0.717) is 23.7 Å². The Labute approximate surface area is 344 Å². The van der Waals surface area contributed by atoms with Crippen molar-refractivity contribution >= 4 is 47.2 Å². The van der Waals surface area contributed by atoms with Crippen molar-refractivity contribution in [2.24, 2.45) is 47.3 Å². The molecule has 2 saturated heterocycles. The summed E-state index contributed by atoms with van der Waals surface area (Å²) in [5.41, 5.74) is 3.47. The summed E-state index contributed by atoms with van der Waals surface area (Å²) < 4.78 is 0. The minimum atomic E-state index is -0.508. The minimum Gasteiger partial charge on any atom is -0.375 e. The molecule has 2 heterocycles. The highest BCUT2D eigenvalue weighted by Gasteiger charge is 2.62. The highest BCUT2D eigenvalue weighted by Crippen LogP contribution is 2.59. The van der Waals surface area contributed by atoms with Crippen LogP contribution in [0.5, 0.6) is 0 Å². The van der Waals surface area contributed by atoms with E-state index in [1.54, 1.807) is 12.2 Å². The SMILES string of the molecule is CCCN(C)c1ccc(C=C2C(=O)NC3(NC2=O)C2CC4CC(C2)CC3C4)cc1.CCN(CC)c1ccc(C=C2C(=O)NC3(NC2=O)C2CC4CC(C2)CC3C4)cc1. The highest BCUT2D eigenvalue weighted by molar-refractivity contribution is 6.24. The van der Waals surface area contributed by atoms with E-state index < -0.39 is 11.3 Å². The summed E-state index contributed by atoms with van der Waals surface area (Å²) in [5, 5.41) is 13.1. The van der Waals surface area contributed by atoms with E-state index in [4.69, 9.17) is 0 Å². The van der Waals surface area contributed by atoms with Crippen LogP contribution in [0.3, 0.4) is 0 Å². The Morgan fingerprint density at radius 1 is 0.517 bits per heavy atom. The molecule has 8 bridgehead atoms. The number of nitrogens with one attached hydrogen (secondary N) is 4. The van der Waals surface area contributed by atoms with Gasteiger partial charge >= 0.3 is 0 Å². The van der Waals surface area contributed by atoms with E-state index in [1.165, 1.54) is 12.8 Å². The molecule has 8 saturated carbocycles. The Kier molecular flexibility index (Phi) is 10.2. The summed E-state index contributed by atoms with van der Waals surface area (Å²) in [6.45, 7) is 9.33. The van der Waals surface area contributed by atoms with Gasteiger partial charge in [0.2, 0.25) is 0 Å². The first-order valence-corrected chi connectivity index (χ1v) is 22.4. The average molecular weight is 787 g/mol. The van der Waals surface area contributed by atoms with E-state index in [1.807, 2.05) is 36.4 Å². The molecule has 12 rings (SSSR count). The van der Waals surface area contributed by atoms with E-state index in [-0.39, 0.29) is 34.8 Å². The lowest BCUT2D eigenvalue weighted by Gasteiger charge is -2.62. The van der Waals surface area contributed by atoms with Crippen LogP contribution in [0.15, 0.2) is 59.7 Å². The third kappa shape index (κ3) is 6.82. The van der Waals surface area contributed by atoms with Crippen molar-refractivity contribution in [2.75, 3.05) is 36.5 Å². The van der Waals surface area contributed by atoms with Gasteiger partial charge in [0.15, 0.2) is 0 Å². The molecule has 4 amide bonds. The van der Waals surface area contributed by atoms with Crippen molar-refractivity contribution in [2.45, 2.75) is 103 Å².